The Balaban J connectivity index is 0.00000200. The van der Waals surface area contributed by atoms with Gasteiger partial charge in [0.15, 0.2) is 0 Å². The standard InChI is InChI=1S/C12H15N5O2.ClH/c1-19-9-2-3-10(13)11(6-9)16-12(18)4-5-17-8-14-7-15-17;/h2-3,6-8H,4-5,13H2,1H3,(H,16,18);1H. The molecule has 2 aromatic rings. The van der Waals surface area contributed by atoms with Crippen molar-refractivity contribution in [3.8, 4) is 5.75 Å². The second-order valence-electron chi connectivity index (χ2n) is 3.91. The number of benzene rings is 1. The second-order valence-corrected chi connectivity index (χ2v) is 3.91. The molecule has 0 unspecified atom stereocenters. The lowest BCUT2D eigenvalue weighted by Gasteiger charge is -2.09. The van der Waals surface area contributed by atoms with Crippen LogP contribution in [0.2, 0.25) is 0 Å². The second kappa shape index (κ2) is 7.34. The minimum atomic E-state index is -0.143. The third-order valence-corrected chi connectivity index (χ3v) is 2.57. The van der Waals surface area contributed by atoms with Crippen molar-refractivity contribution in [2.24, 2.45) is 0 Å². The van der Waals surface area contributed by atoms with Gasteiger partial charge in [-0.3, -0.25) is 9.48 Å². The zero-order valence-corrected chi connectivity index (χ0v) is 11.8. The van der Waals surface area contributed by atoms with Gasteiger partial charge in [0.25, 0.3) is 0 Å². The van der Waals surface area contributed by atoms with E-state index in [1.54, 1.807) is 36.3 Å². The van der Waals surface area contributed by atoms with E-state index in [2.05, 4.69) is 15.4 Å². The van der Waals surface area contributed by atoms with Crippen LogP contribution in [0.3, 0.4) is 0 Å². The molecule has 0 bridgehead atoms. The first-order valence-electron chi connectivity index (χ1n) is 5.75. The zero-order chi connectivity index (χ0) is 13.7. The van der Waals surface area contributed by atoms with Crippen molar-refractivity contribution < 1.29 is 9.53 Å². The van der Waals surface area contributed by atoms with Gasteiger partial charge < -0.3 is 15.8 Å². The molecule has 20 heavy (non-hydrogen) atoms. The normalized spacial score (nSPS) is 9.65. The number of methoxy groups -OCH3 is 1. The Kier molecular flexibility index (Phi) is 5.79. The van der Waals surface area contributed by atoms with Gasteiger partial charge in [-0.2, -0.15) is 5.10 Å². The fourth-order valence-electron chi connectivity index (χ4n) is 1.55. The summed E-state index contributed by atoms with van der Waals surface area (Å²) >= 11 is 0. The van der Waals surface area contributed by atoms with Gasteiger partial charge in [0.05, 0.1) is 25.0 Å². The maximum absolute atomic E-state index is 11.8. The number of halogens is 1. The van der Waals surface area contributed by atoms with Crippen LogP contribution in [-0.2, 0) is 11.3 Å². The largest absolute Gasteiger partial charge is 0.497 e. The third-order valence-electron chi connectivity index (χ3n) is 2.57. The van der Waals surface area contributed by atoms with Crippen molar-refractivity contribution in [3.05, 3.63) is 30.9 Å². The summed E-state index contributed by atoms with van der Waals surface area (Å²) in [7, 11) is 1.56. The highest BCUT2D eigenvalue weighted by atomic mass is 35.5. The molecule has 0 radical (unpaired) electrons. The number of carbonyl (C=O) groups excluding carboxylic acids is 1. The Morgan fingerprint density at radius 3 is 2.95 bits per heavy atom. The first-order valence-corrected chi connectivity index (χ1v) is 5.75. The van der Waals surface area contributed by atoms with Crippen LogP contribution >= 0.6 is 12.4 Å². The molecule has 1 aromatic carbocycles. The van der Waals surface area contributed by atoms with Crippen LogP contribution in [0, 0.1) is 0 Å². The third kappa shape index (κ3) is 4.13. The highest BCUT2D eigenvalue weighted by Crippen LogP contribution is 2.24. The minimum Gasteiger partial charge on any atom is -0.497 e. The quantitative estimate of drug-likeness (QED) is 0.812. The van der Waals surface area contributed by atoms with Gasteiger partial charge in [-0.1, -0.05) is 0 Å². The van der Waals surface area contributed by atoms with Crippen molar-refractivity contribution in [3.63, 3.8) is 0 Å². The van der Waals surface area contributed by atoms with E-state index in [9.17, 15) is 4.79 Å². The van der Waals surface area contributed by atoms with Crippen molar-refractivity contribution >= 4 is 29.7 Å². The fourth-order valence-corrected chi connectivity index (χ4v) is 1.55. The molecular weight excluding hydrogens is 282 g/mol. The Bertz CT molecular complexity index is 559. The number of aryl methyl sites for hydroxylation is 1. The highest BCUT2D eigenvalue weighted by molar-refractivity contribution is 5.94. The van der Waals surface area contributed by atoms with E-state index in [4.69, 9.17) is 10.5 Å². The lowest BCUT2D eigenvalue weighted by atomic mass is 10.2. The van der Waals surface area contributed by atoms with Gasteiger partial charge in [0, 0.05) is 12.5 Å². The Morgan fingerprint density at radius 2 is 2.30 bits per heavy atom. The molecule has 0 saturated carbocycles. The molecule has 0 atom stereocenters. The molecule has 0 fully saturated rings. The summed E-state index contributed by atoms with van der Waals surface area (Å²) < 4.78 is 6.67. The van der Waals surface area contributed by atoms with Crippen LogP contribution in [-0.4, -0.2) is 27.8 Å². The molecule has 1 heterocycles. The monoisotopic (exact) mass is 297 g/mol. The number of nitrogen functional groups attached to an aromatic ring is 1. The number of hydrogen-bond donors (Lipinski definition) is 2. The summed E-state index contributed by atoms with van der Waals surface area (Å²) in [4.78, 5) is 15.6. The summed E-state index contributed by atoms with van der Waals surface area (Å²) in [5.41, 5.74) is 6.83. The van der Waals surface area contributed by atoms with Gasteiger partial charge in [-0.25, -0.2) is 4.98 Å². The predicted molar refractivity (Wildman–Crippen MR) is 77.9 cm³/mol. The lowest BCUT2D eigenvalue weighted by Crippen LogP contribution is -2.15. The van der Waals surface area contributed by atoms with Crippen LogP contribution in [0.4, 0.5) is 11.4 Å². The average Bonchev–Trinajstić information content (AvgIpc) is 2.92. The minimum absolute atomic E-state index is 0. The SMILES string of the molecule is COc1ccc(N)c(NC(=O)CCn2cncn2)c1.Cl. The first kappa shape index (κ1) is 15.8. The molecule has 0 aliphatic carbocycles. The Labute approximate surface area is 122 Å². The maximum atomic E-state index is 11.8. The van der Waals surface area contributed by atoms with Crippen LogP contribution in [0.1, 0.15) is 6.42 Å². The van der Waals surface area contributed by atoms with Crippen LogP contribution in [0.5, 0.6) is 5.75 Å². The smallest absolute Gasteiger partial charge is 0.226 e. The van der Waals surface area contributed by atoms with E-state index in [1.165, 1.54) is 6.33 Å². The summed E-state index contributed by atoms with van der Waals surface area (Å²) in [5.74, 6) is 0.497. The Hall–Kier alpha value is -2.28. The first-order chi connectivity index (χ1) is 9.19. The van der Waals surface area contributed by atoms with Crippen molar-refractivity contribution in [1.29, 1.82) is 0 Å². The van der Waals surface area contributed by atoms with Gasteiger partial charge in [0.2, 0.25) is 5.91 Å². The van der Waals surface area contributed by atoms with E-state index in [0.29, 0.717) is 30.1 Å². The van der Waals surface area contributed by atoms with Crippen molar-refractivity contribution in [2.45, 2.75) is 13.0 Å². The zero-order valence-electron chi connectivity index (χ0n) is 10.9. The average molecular weight is 298 g/mol. The van der Waals surface area contributed by atoms with Gasteiger partial charge >= 0.3 is 0 Å². The number of carbonyl (C=O) groups is 1. The van der Waals surface area contributed by atoms with E-state index in [1.807, 2.05) is 0 Å². The molecule has 0 aliphatic heterocycles. The summed E-state index contributed by atoms with van der Waals surface area (Å²) in [6.07, 6.45) is 3.28. The number of hydrogen-bond acceptors (Lipinski definition) is 5. The summed E-state index contributed by atoms with van der Waals surface area (Å²) in [6.45, 7) is 0.468. The molecule has 7 nitrogen and oxygen atoms in total. The molecule has 1 amide bonds. The molecule has 108 valence electrons. The molecule has 0 spiro atoms. The van der Waals surface area contributed by atoms with Gasteiger partial charge in [-0.05, 0) is 12.1 Å². The molecule has 1 aromatic heterocycles. The van der Waals surface area contributed by atoms with Crippen molar-refractivity contribution in [2.75, 3.05) is 18.2 Å². The molecule has 0 saturated heterocycles. The van der Waals surface area contributed by atoms with Crippen LogP contribution < -0.4 is 15.8 Å². The molecule has 2 rings (SSSR count). The molecule has 8 heteroatoms. The number of nitrogens with two attached hydrogens (primary N) is 1. The maximum Gasteiger partial charge on any atom is 0.226 e. The van der Waals surface area contributed by atoms with Crippen molar-refractivity contribution in [1.82, 2.24) is 14.8 Å². The topological polar surface area (TPSA) is 95.1 Å². The number of anilines is 2. The summed E-state index contributed by atoms with van der Waals surface area (Å²) in [6, 6.07) is 5.11. The number of ether oxygens (including phenoxy) is 1. The molecule has 0 aliphatic rings. The van der Waals surface area contributed by atoms with Gasteiger partial charge in [0.1, 0.15) is 18.4 Å². The summed E-state index contributed by atoms with van der Waals surface area (Å²) in [5, 5.41) is 6.66. The molecule has 3 N–H and O–H groups in total. The molecular formula is C12H16ClN5O2. The number of rotatable bonds is 5. The van der Waals surface area contributed by atoms with E-state index in [-0.39, 0.29) is 18.3 Å². The number of nitrogens with zero attached hydrogens (tertiary/aromatic N) is 3. The van der Waals surface area contributed by atoms with Crippen LogP contribution in [0.25, 0.3) is 0 Å². The van der Waals surface area contributed by atoms with E-state index >= 15 is 0 Å². The number of aromatic nitrogens is 3. The van der Waals surface area contributed by atoms with E-state index in [0.717, 1.165) is 0 Å². The van der Waals surface area contributed by atoms with Crippen LogP contribution in [0.15, 0.2) is 30.9 Å². The lowest BCUT2D eigenvalue weighted by molar-refractivity contribution is -0.116. The fraction of sp³-hybridized carbons (Fsp3) is 0.250. The highest BCUT2D eigenvalue weighted by Gasteiger charge is 2.07. The van der Waals surface area contributed by atoms with E-state index < -0.39 is 0 Å². The van der Waals surface area contributed by atoms with Gasteiger partial charge in [-0.15, -0.1) is 12.4 Å². The number of amides is 1. The number of nitrogens with one attached hydrogen (secondary N) is 1. The Morgan fingerprint density at radius 1 is 1.50 bits per heavy atom. The predicted octanol–water partition coefficient (Wildman–Crippen LogP) is 1.32.